The van der Waals surface area contributed by atoms with Gasteiger partial charge in [0.25, 0.3) is 5.70 Å². The lowest BCUT2D eigenvalue weighted by molar-refractivity contribution is -0.429. The van der Waals surface area contributed by atoms with E-state index in [1.165, 1.54) is 0 Å². The molecule has 0 bridgehead atoms. The van der Waals surface area contributed by atoms with E-state index in [2.05, 4.69) is 10.2 Å². The van der Waals surface area contributed by atoms with Crippen molar-refractivity contribution in [3.8, 4) is 0 Å². The largest absolute Gasteiger partial charge is 0.371 e. The fourth-order valence-electron chi connectivity index (χ4n) is 3.00. The van der Waals surface area contributed by atoms with Gasteiger partial charge in [-0.15, -0.1) is 12.4 Å². The maximum atomic E-state index is 11.3. The number of fused-ring (bicyclic) bond motifs is 2. The zero-order valence-corrected chi connectivity index (χ0v) is 14.5. The Bertz CT molecular complexity index is 712. The smallest absolute Gasteiger partial charge is 0.269 e. The average Bonchev–Trinajstić information content (AvgIpc) is 2.53. The zero-order valence-electron chi connectivity index (χ0n) is 13.7. The summed E-state index contributed by atoms with van der Waals surface area (Å²) in [5.74, 6) is -0.113. The Morgan fingerprint density at radius 1 is 1.33 bits per heavy atom. The summed E-state index contributed by atoms with van der Waals surface area (Å²) >= 11 is 0. The van der Waals surface area contributed by atoms with Crippen molar-refractivity contribution in [2.24, 2.45) is 10.9 Å². The second kappa shape index (κ2) is 7.59. The molecule has 0 spiro atoms. The lowest BCUT2D eigenvalue weighted by Crippen LogP contribution is -2.43. The van der Waals surface area contributed by atoms with Gasteiger partial charge in [-0.2, -0.15) is 0 Å². The van der Waals surface area contributed by atoms with Gasteiger partial charge < -0.3 is 10.2 Å². The Morgan fingerprint density at radius 2 is 2.08 bits per heavy atom. The molecule has 0 saturated carbocycles. The minimum absolute atomic E-state index is 0. The molecule has 2 atom stereocenters. The van der Waals surface area contributed by atoms with E-state index in [-0.39, 0.29) is 35.0 Å². The number of aliphatic imine (C=N–C) groups is 1. The van der Waals surface area contributed by atoms with Crippen LogP contribution in [0.2, 0.25) is 0 Å². The highest BCUT2D eigenvalue weighted by Gasteiger charge is 2.40. The van der Waals surface area contributed by atoms with Crippen molar-refractivity contribution in [2.75, 3.05) is 32.5 Å². The maximum absolute atomic E-state index is 11.3. The first-order valence-electron chi connectivity index (χ1n) is 7.65. The van der Waals surface area contributed by atoms with Gasteiger partial charge in [-0.05, 0) is 20.2 Å². The van der Waals surface area contributed by atoms with Gasteiger partial charge in [0.15, 0.2) is 0 Å². The molecule has 128 valence electrons. The van der Waals surface area contributed by atoms with Crippen LogP contribution in [-0.4, -0.2) is 48.8 Å². The number of para-hydroxylation sites is 1. The van der Waals surface area contributed by atoms with Crippen molar-refractivity contribution >= 4 is 23.8 Å². The van der Waals surface area contributed by atoms with Crippen LogP contribution < -0.4 is 5.32 Å². The molecule has 0 amide bonds. The van der Waals surface area contributed by atoms with Crippen molar-refractivity contribution in [3.63, 3.8) is 0 Å². The molecule has 0 radical (unpaired) electrons. The molecule has 3 rings (SSSR count). The first-order chi connectivity index (χ1) is 11.1. The highest BCUT2D eigenvalue weighted by atomic mass is 35.5. The van der Waals surface area contributed by atoms with Gasteiger partial charge in [0, 0.05) is 23.9 Å². The van der Waals surface area contributed by atoms with Gasteiger partial charge >= 0.3 is 0 Å². The molecular formula is C17H21ClN4O2. The van der Waals surface area contributed by atoms with E-state index in [0.717, 1.165) is 23.5 Å². The number of rotatable bonds is 4. The van der Waals surface area contributed by atoms with Crippen LogP contribution in [0, 0.1) is 16.0 Å². The van der Waals surface area contributed by atoms with E-state index in [1.54, 1.807) is 12.2 Å². The molecule has 1 aliphatic carbocycles. The summed E-state index contributed by atoms with van der Waals surface area (Å²) in [7, 11) is 4.01. The standard InChI is InChI=1S/C17H20N4O2.ClH/c1-20(2)11-10-18-16-12-6-3-4-8-14(12)19-17-13(16)7-5-9-15(17)21(22)23;/h3-9,13,17,19H,10-11H2,1-2H3;1H. The SMILES string of the molecule is CN(C)CCN=C1c2ccccc2NC2C([N+](=O)[O-])=CC=CC12.Cl. The topological polar surface area (TPSA) is 70.8 Å². The maximum Gasteiger partial charge on any atom is 0.269 e. The Balaban J connectivity index is 0.00000208. The monoisotopic (exact) mass is 348 g/mol. The van der Waals surface area contributed by atoms with Crippen molar-refractivity contribution in [3.05, 3.63) is 63.9 Å². The number of hydrogen-bond acceptors (Lipinski definition) is 5. The van der Waals surface area contributed by atoms with E-state index >= 15 is 0 Å². The van der Waals surface area contributed by atoms with Crippen LogP contribution in [0.3, 0.4) is 0 Å². The Hall–Kier alpha value is -2.18. The Kier molecular flexibility index (Phi) is 5.75. The third-order valence-electron chi connectivity index (χ3n) is 4.13. The van der Waals surface area contributed by atoms with Gasteiger partial charge in [-0.25, -0.2) is 0 Å². The molecule has 0 fully saturated rings. The van der Waals surface area contributed by atoms with Gasteiger partial charge in [0.1, 0.15) is 6.04 Å². The van der Waals surface area contributed by atoms with Crippen LogP contribution in [0.4, 0.5) is 5.69 Å². The Labute approximate surface area is 147 Å². The third kappa shape index (κ3) is 3.49. The summed E-state index contributed by atoms with van der Waals surface area (Å²) in [6.07, 6.45) is 5.32. The van der Waals surface area contributed by atoms with E-state index in [1.807, 2.05) is 44.4 Å². The summed E-state index contributed by atoms with van der Waals surface area (Å²) < 4.78 is 0. The second-order valence-corrected chi connectivity index (χ2v) is 6.00. The molecule has 1 aliphatic heterocycles. The number of nitrogens with one attached hydrogen (secondary N) is 1. The summed E-state index contributed by atoms with van der Waals surface area (Å²) in [6.45, 7) is 1.52. The van der Waals surface area contributed by atoms with Crippen LogP contribution in [-0.2, 0) is 0 Å². The molecule has 0 aromatic heterocycles. The number of halogens is 1. The zero-order chi connectivity index (χ0) is 16.4. The molecule has 2 aliphatic rings. The van der Waals surface area contributed by atoms with Crippen LogP contribution >= 0.6 is 12.4 Å². The first-order valence-corrected chi connectivity index (χ1v) is 7.65. The summed E-state index contributed by atoms with van der Waals surface area (Å²) in [4.78, 5) is 17.9. The minimum atomic E-state index is -0.372. The second-order valence-electron chi connectivity index (χ2n) is 6.00. The number of nitro groups is 1. The number of allylic oxidation sites excluding steroid dienone is 2. The molecular weight excluding hydrogens is 328 g/mol. The highest BCUT2D eigenvalue weighted by Crippen LogP contribution is 2.34. The van der Waals surface area contributed by atoms with Gasteiger partial charge in [-0.3, -0.25) is 15.1 Å². The Morgan fingerprint density at radius 3 is 2.79 bits per heavy atom. The highest BCUT2D eigenvalue weighted by molar-refractivity contribution is 6.10. The summed E-state index contributed by atoms with van der Waals surface area (Å²) in [6, 6.07) is 7.49. The predicted molar refractivity (Wildman–Crippen MR) is 98.8 cm³/mol. The molecule has 7 heteroatoms. The quantitative estimate of drug-likeness (QED) is 0.670. The van der Waals surface area contributed by atoms with E-state index in [4.69, 9.17) is 4.99 Å². The lowest BCUT2D eigenvalue weighted by atomic mass is 9.81. The summed E-state index contributed by atoms with van der Waals surface area (Å²) in [5.41, 5.74) is 3.05. The van der Waals surface area contributed by atoms with Gasteiger partial charge in [0.05, 0.1) is 23.1 Å². The third-order valence-corrected chi connectivity index (χ3v) is 4.13. The minimum Gasteiger partial charge on any atom is -0.371 e. The molecule has 1 heterocycles. The van der Waals surface area contributed by atoms with Crippen molar-refractivity contribution in [1.29, 1.82) is 0 Å². The first kappa shape index (κ1) is 18.2. The van der Waals surface area contributed by atoms with Crippen LogP contribution in [0.25, 0.3) is 0 Å². The van der Waals surface area contributed by atoms with Gasteiger partial charge in [0.2, 0.25) is 0 Å². The van der Waals surface area contributed by atoms with E-state index < -0.39 is 0 Å². The fraction of sp³-hybridized carbons (Fsp3) is 0.353. The van der Waals surface area contributed by atoms with Crippen LogP contribution in [0.15, 0.2) is 53.2 Å². The number of nitrogens with zero attached hydrogens (tertiary/aromatic N) is 3. The molecule has 1 aromatic rings. The molecule has 0 saturated heterocycles. The molecule has 1 N–H and O–H groups in total. The predicted octanol–water partition coefficient (Wildman–Crippen LogP) is 2.60. The lowest BCUT2D eigenvalue weighted by Gasteiger charge is -2.34. The number of likely N-dealkylation sites (N-methyl/N-ethyl adjacent to an activating group) is 1. The van der Waals surface area contributed by atoms with Crippen LogP contribution in [0.1, 0.15) is 5.56 Å². The van der Waals surface area contributed by atoms with Crippen LogP contribution in [0.5, 0.6) is 0 Å². The molecule has 1 aromatic carbocycles. The fourth-order valence-corrected chi connectivity index (χ4v) is 3.00. The number of benzene rings is 1. The average molecular weight is 349 g/mol. The molecule has 24 heavy (non-hydrogen) atoms. The molecule has 6 nitrogen and oxygen atoms in total. The van der Waals surface area contributed by atoms with Gasteiger partial charge in [-0.1, -0.05) is 30.4 Å². The summed E-state index contributed by atoms with van der Waals surface area (Å²) in [5, 5.41) is 14.7. The van der Waals surface area contributed by atoms with E-state index in [9.17, 15) is 10.1 Å². The normalized spacial score (nSPS) is 23.0. The molecule has 2 unspecified atom stereocenters. The number of hydrogen-bond donors (Lipinski definition) is 1. The van der Waals surface area contributed by atoms with E-state index in [0.29, 0.717) is 6.54 Å². The van der Waals surface area contributed by atoms with Crippen molar-refractivity contribution < 1.29 is 4.92 Å². The number of anilines is 1. The van der Waals surface area contributed by atoms with Crippen molar-refractivity contribution in [1.82, 2.24) is 4.90 Å². The van der Waals surface area contributed by atoms with Crippen molar-refractivity contribution in [2.45, 2.75) is 6.04 Å².